The van der Waals surface area contributed by atoms with Gasteiger partial charge < -0.3 is 15.1 Å². The topological polar surface area (TPSA) is 53.9 Å². The molecule has 0 spiro atoms. The molecule has 144 valence electrons. The van der Waals surface area contributed by atoms with Crippen molar-refractivity contribution in [2.24, 2.45) is 0 Å². The van der Waals surface area contributed by atoms with E-state index in [1.165, 1.54) is 19.3 Å². The highest BCUT2D eigenvalue weighted by molar-refractivity contribution is 5.91. The third kappa shape index (κ3) is 5.56. The van der Waals surface area contributed by atoms with Gasteiger partial charge in [-0.05, 0) is 45.7 Å². The van der Waals surface area contributed by atoms with Gasteiger partial charge in [0.05, 0.1) is 7.05 Å². The van der Waals surface area contributed by atoms with Crippen molar-refractivity contribution >= 4 is 17.5 Å². The fourth-order valence-corrected chi connectivity index (χ4v) is 3.69. The van der Waals surface area contributed by atoms with E-state index in [9.17, 15) is 9.59 Å². The second kappa shape index (κ2) is 9.72. The highest BCUT2D eigenvalue weighted by Crippen LogP contribution is 2.22. The molecule has 0 radical (unpaired) electrons. The van der Waals surface area contributed by atoms with Gasteiger partial charge in [0.1, 0.15) is 0 Å². The monoisotopic (exact) mass is 360 g/mol. The zero-order valence-electron chi connectivity index (χ0n) is 16.7. The van der Waals surface area contributed by atoms with Crippen LogP contribution < -0.4 is 10.2 Å². The first-order valence-corrected chi connectivity index (χ1v) is 9.91. The summed E-state index contributed by atoms with van der Waals surface area (Å²) in [6, 6.07) is 7.90. The molecule has 1 fully saturated rings. The molecule has 1 aliphatic carbocycles. The van der Waals surface area contributed by atoms with Crippen LogP contribution in [0.15, 0.2) is 24.3 Å². The van der Waals surface area contributed by atoms with Gasteiger partial charge >= 0.3 is 0 Å². The second-order valence-electron chi connectivity index (χ2n) is 7.58. The Morgan fingerprint density at radius 2 is 1.81 bits per heavy atom. The van der Waals surface area contributed by atoms with E-state index in [0.29, 0.717) is 6.04 Å². The van der Waals surface area contributed by atoms with E-state index in [1.54, 1.807) is 0 Å². The van der Waals surface area contributed by atoms with E-state index in [0.717, 1.165) is 35.5 Å². The lowest BCUT2D eigenvalue weighted by molar-refractivity contribution is -0.886. The van der Waals surface area contributed by atoms with E-state index >= 15 is 0 Å². The molecular formula is C21H34N3O2+. The quantitative estimate of drug-likeness (QED) is 0.782. The van der Waals surface area contributed by atoms with E-state index in [4.69, 9.17) is 0 Å². The second-order valence-corrected chi connectivity index (χ2v) is 7.58. The zero-order valence-corrected chi connectivity index (χ0v) is 16.7. The van der Waals surface area contributed by atoms with Gasteiger partial charge in [-0.25, -0.2) is 0 Å². The third-order valence-electron chi connectivity index (χ3n) is 5.52. The van der Waals surface area contributed by atoms with Crippen LogP contribution in [0.2, 0.25) is 0 Å². The molecule has 0 saturated heterocycles. The number of rotatable bonds is 7. The molecule has 1 unspecified atom stereocenters. The van der Waals surface area contributed by atoms with Gasteiger partial charge in [0.25, 0.3) is 11.8 Å². The van der Waals surface area contributed by atoms with Crippen molar-refractivity contribution in [2.75, 3.05) is 25.5 Å². The molecule has 5 heteroatoms. The van der Waals surface area contributed by atoms with Gasteiger partial charge in [0.2, 0.25) is 0 Å². The van der Waals surface area contributed by atoms with Crippen molar-refractivity contribution in [1.82, 2.24) is 4.90 Å². The van der Waals surface area contributed by atoms with Gasteiger partial charge in [-0.3, -0.25) is 9.59 Å². The predicted octanol–water partition coefficient (Wildman–Crippen LogP) is 2.02. The standard InChI is InChI=1S/C21H33N3O2/c1-5-24(19-9-7-6-8-10-19)21(26)17(3)23(4)15-20(25)22-18-13-11-16(2)12-14-18/h11-14,17,19H,5-10,15H2,1-4H3,(H,22,25)/p+1/t17-/m0/s1. The predicted molar refractivity (Wildman–Crippen MR) is 105 cm³/mol. The fourth-order valence-electron chi connectivity index (χ4n) is 3.69. The van der Waals surface area contributed by atoms with Crippen LogP contribution in [0.25, 0.3) is 0 Å². The number of nitrogens with one attached hydrogen (secondary N) is 2. The number of hydrogen-bond acceptors (Lipinski definition) is 2. The number of hydrogen-bond donors (Lipinski definition) is 2. The van der Waals surface area contributed by atoms with Gasteiger partial charge in [-0.2, -0.15) is 0 Å². The summed E-state index contributed by atoms with van der Waals surface area (Å²) in [5.74, 6) is 0.103. The van der Waals surface area contributed by atoms with Gasteiger partial charge in [0.15, 0.2) is 12.6 Å². The Labute approximate surface area is 157 Å². The lowest BCUT2D eigenvalue weighted by atomic mass is 9.93. The fraction of sp³-hybridized carbons (Fsp3) is 0.619. The lowest BCUT2D eigenvalue weighted by Crippen LogP contribution is -3.15. The highest BCUT2D eigenvalue weighted by atomic mass is 16.2. The zero-order chi connectivity index (χ0) is 19.1. The molecule has 1 aromatic rings. The normalized spacial score (nSPS) is 17.4. The van der Waals surface area contributed by atoms with E-state index in [1.807, 2.05) is 50.1 Å². The number of amides is 2. The molecule has 2 atom stereocenters. The summed E-state index contributed by atoms with van der Waals surface area (Å²) in [4.78, 5) is 28.2. The lowest BCUT2D eigenvalue weighted by Gasteiger charge is -2.35. The van der Waals surface area contributed by atoms with Gasteiger partial charge in [0, 0.05) is 18.3 Å². The Morgan fingerprint density at radius 3 is 2.38 bits per heavy atom. The minimum Gasteiger partial charge on any atom is -0.335 e. The maximum Gasteiger partial charge on any atom is 0.280 e. The Kier molecular flexibility index (Phi) is 7.64. The van der Waals surface area contributed by atoms with E-state index in [2.05, 4.69) is 12.2 Å². The smallest absolute Gasteiger partial charge is 0.280 e. The highest BCUT2D eigenvalue weighted by Gasteiger charge is 2.32. The molecule has 1 saturated carbocycles. The van der Waals surface area contributed by atoms with Crippen LogP contribution >= 0.6 is 0 Å². The number of carbonyl (C=O) groups is 2. The molecule has 1 aliphatic rings. The van der Waals surface area contributed by atoms with Crippen LogP contribution in [0, 0.1) is 6.92 Å². The first-order valence-electron chi connectivity index (χ1n) is 9.91. The minimum atomic E-state index is -0.222. The summed E-state index contributed by atoms with van der Waals surface area (Å²) >= 11 is 0. The Bertz CT molecular complexity index is 594. The molecule has 2 N–H and O–H groups in total. The number of nitrogens with zero attached hydrogens (tertiary/aromatic N) is 1. The summed E-state index contributed by atoms with van der Waals surface area (Å²) < 4.78 is 0. The Balaban J connectivity index is 1.89. The molecule has 0 heterocycles. The van der Waals surface area contributed by atoms with E-state index < -0.39 is 0 Å². The molecule has 2 rings (SSSR count). The Morgan fingerprint density at radius 1 is 1.19 bits per heavy atom. The van der Waals surface area contributed by atoms with Crippen molar-refractivity contribution < 1.29 is 14.5 Å². The molecule has 1 aromatic carbocycles. The molecule has 0 aliphatic heterocycles. The third-order valence-corrected chi connectivity index (χ3v) is 5.52. The number of quaternary nitrogens is 1. The van der Waals surface area contributed by atoms with Gasteiger partial charge in [-0.1, -0.05) is 37.0 Å². The number of likely N-dealkylation sites (N-methyl/N-ethyl adjacent to an activating group) is 2. The molecule has 0 aromatic heterocycles. The summed E-state index contributed by atoms with van der Waals surface area (Å²) in [6.07, 6.45) is 5.93. The van der Waals surface area contributed by atoms with Crippen molar-refractivity contribution in [3.05, 3.63) is 29.8 Å². The van der Waals surface area contributed by atoms with Crippen LogP contribution in [0.3, 0.4) is 0 Å². The first-order chi connectivity index (χ1) is 12.4. The van der Waals surface area contributed by atoms with Crippen molar-refractivity contribution in [3.63, 3.8) is 0 Å². The van der Waals surface area contributed by atoms with Crippen LogP contribution in [0.5, 0.6) is 0 Å². The molecular weight excluding hydrogens is 326 g/mol. The Hall–Kier alpha value is -1.88. The number of anilines is 1. The van der Waals surface area contributed by atoms with E-state index in [-0.39, 0.29) is 24.4 Å². The minimum absolute atomic E-state index is 0.0632. The number of aryl methyl sites for hydroxylation is 1. The van der Waals surface area contributed by atoms with Crippen LogP contribution in [0.4, 0.5) is 5.69 Å². The summed E-state index contributed by atoms with van der Waals surface area (Å²) in [6.45, 7) is 7.03. The molecule has 26 heavy (non-hydrogen) atoms. The van der Waals surface area contributed by atoms with Crippen LogP contribution in [0.1, 0.15) is 51.5 Å². The average molecular weight is 361 g/mol. The van der Waals surface area contributed by atoms with Crippen molar-refractivity contribution in [2.45, 2.75) is 65.0 Å². The van der Waals surface area contributed by atoms with Crippen molar-refractivity contribution in [3.8, 4) is 0 Å². The first kappa shape index (κ1) is 20.4. The maximum absolute atomic E-state index is 13.0. The van der Waals surface area contributed by atoms with Crippen LogP contribution in [-0.4, -0.2) is 48.9 Å². The molecule has 0 bridgehead atoms. The SMILES string of the molecule is CCN(C(=O)[C@H](C)[NH+](C)CC(=O)Nc1ccc(C)cc1)C1CCCCC1. The average Bonchev–Trinajstić information content (AvgIpc) is 2.64. The largest absolute Gasteiger partial charge is 0.335 e. The number of carbonyl (C=O) groups excluding carboxylic acids is 2. The summed E-state index contributed by atoms with van der Waals surface area (Å²) in [5.41, 5.74) is 1.96. The maximum atomic E-state index is 13.0. The van der Waals surface area contributed by atoms with Gasteiger partial charge in [-0.15, -0.1) is 0 Å². The molecule has 2 amide bonds. The molecule has 5 nitrogen and oxygen atoms in total. The van der Waals surface area contributed by atoms with Crippen LogP contribution in [-0.2, 0) is 9.59 Å². The summed E-state index contributed by atoms with van der Waals surface area (Å²) in [7, 11) is 1.92. The number of benzene rings is 1. The van der Waals surface area contributed by atoms with Crippen molar-refractivity contribution in [1.29, 1.82) is 0 Å². The summed E-state index contributed by atoms with van der Waals surface area (Å²) in [5, 5.41) is 2.92.